The second-order valence-corrected chi connectivity index (χ2v) is 6.38. The van der Waals surface area contributed by atoms with Gasteiger partial charge in [0.1, 0.15) is 11.6 Å². The molecule has 0 saturated heterocycles. The topological polar surface area (TPSA) is 72.9 Å². The summed E-state index contributed by atoms with van der Waals surface area (Å²) in [4.78, 5) is 16.3. The number of hydrogen-bond acceptors (Lipinski definition) is 4. The van der Waals surface area contributed by atoms with Crippen LogP contribution in [-0.2, 0) is 13.1 Å². The summed E-state index contributed by atoms with van der Waals surface area (Å²) in [5.41, 5.74) is 7.49. The summed E-state index contributed by atoms with van der Waals surface area (Å²) in [7, 11) is 0. The van der Waals surface area contributed by atoms with Crippen LogP contribution in [-0.4, -0.2) is 15.5 Å². The highest BCUT2D eigenvalue weighted by molar-refractivity contribution is 7.10. The predicted octanol–water partition coefficient (Wildman–Crippen LogP) is 2.77. The third kappa shape index (κ3) is 3.52. The van der Waals surface area contributed by atoms with Gasteiger partial charge in [0.25, 0.3) is 0 Å². The smallest absolute Gasteiger partial charge is 0.249 e. The first-order valence-electron chi connectivity index (χ1n) is 7.41. The van der Waals surface area contributed by atoms with Gasteiger partial charge in [0.2, 0.25) is 5.91 Å². The van der Waals surface area contributed by atoms with Crippen LogP contribution in [0.25, 0.3) is 5.69 Å². The van der Waals surface area contributed by atoms with Crippen LogP contribution in [0.4, 0.5) is 4.39 Å². The van der Waals surface area contributed by atoms with Gasteiger partial charge in [-0.2, -0.15) is 0 Å². The number of primary amides is 1. The number of nitrogens with two attached hydrogens (primary N) is 1. The first-order chi connectivity index (χ1) is 11.5. The molecule has 3 aromatic rings. The summed E-state index contributed by atoms with van der Waals surface area (Å²) < 4.78 is 15.6. The summed E-state index contributed by atoms with van der Waals surface area (Å²) in [6, 6.07) is 6.48. The van der Waals surface area contributed by atoms with Crippen LogP contribution in [0.3, 0.4) is 0 Å². The normalized spacial score (nSPS) is 10.9. The van der Waals surface area contributed by atoms with E-state index in [0.717, 1.165) is 22.0 Å². The van der Waals surface area contributed by atoms with Gasteiger partial charge in [0.05, 0.1) is 11.3 Å². The molecule has 0 atom stereocenters. The largest absolute Gasteiger partial charge is 0.366 e. The van der Waals surface area contributed by atoms with E-state index in [0.29, 0.717) is 18.7 Å². The van der Waals surface area contributed by atoms with Crippen LogP contribution < -0.4 is 11.1 Å². The Morgan fingerprint density at radius 2 is 2.21 bits per heavy atom. The Morgan fingerprint density at radius 3 is 2.88 bits per heavy atom. The molecule has 5 nitrogen and oxygen atoms in total. The minimum Gasteiger partial charge on any atom is -0.366 e. The molecule has 1 aromatic carbocycles. The molecule has 0 radical (unpaired) electrons. The van der Waals surface area contributed by atoms with Gasteiger partial charge < -0.3 is 15.6 Å². The number of rotatable bonds is 6. The molecular formula is C17H17FN4OS. The average Bonchev–Trinajstić information content (AvgIpc) is 3.17. The lowest BCUT2D eigenvalue weighted by atomic mass is 10.1. The highest BCUT2D eigenvalue weighted by Gasteiger charge is 2.09. The Hall–Kier alpha value is -2.51. The predicted molar refractivity (Wildman–Crippen MR) is 91.6 cm³/mol. The van der Waals surface area contributed by atoms with Gasteiger partial charge in [-0.05, 0) is 36.8 Å². The van der Waals surface area contributed by atoms with Crippen LogP contribution in [0.5, 0.6) is 0 Å². The number of nitrogens with zero attached hydrogens (tertiary/aromatic N) is 2. The van der Waals surface area contributed by atoms with E-state index in [1.54, 1.807) is 23.7 Å². The van der Waals surface area contributed by atoms with E-state index < -0.39 is 5.91 Å². The number of carbonyl (C=O) groups excluding carboxylic acids is 1. The minimum absolute atomic E-state index is 0.277. The number of imidazole rings is 1. The van der Waals surface area contributed by atoms with Gasteiger partial charge in [0, 0.05) is 35.7 Å². The monoisotopic (exact) mass is 344 g/mol. The van der Waals surface area contributed by atoms with Crippen molar-refractivity contribution in [3.8, 4) is 5.69 Å². The number of halogens is 1. The quantitative estimate of drug-likeness (QED) is 0.722. The Labute approximate surface area is 143 Å². The maximum atomic E-state index is 13.6. The van der Waals surface area contributed by atoms with Crippen LogP contribution in [0, 0.1) is 12.7 Å². The zero-order chi connectivity index (χ0) is 17.1. The molecule has 2 heterocycles. The van der Waals surface area contributed by atoms with Gasteiger partial charge in [-0.15, -0.1) is 11.3 Å². The Morgan fingerprint density at radius 1 is 1.38 bits per heavy atom. The fourth-order valence-corrected chi connectivity index (χ4v) is 3.33. The zero-order valence-electron chi connectivity index (χ0n) is 13.1. The molecule has 1 amide bonds. The van der Waals surface area contributed by atoms with Crippen molar-refractivity contribution in [3.05, 3.63) is 69.7 Å². The molecule has 124 valence electrons. The number of hydrogen-bond donors (Lipinski definition) is 2. The van der Waals surface area contributed by atoms with E-state index in [9.17, 15) is 9.18 Å². The molecule has 0 aliphatic rings. The Kier molecular flexibility index (Phi) is 4.73. The molecule has 0 aliphatic carbocycles. The van der Waals surface area contributed by atoms with Gasteiger partial charge in [0.15, 0.2) is 0 Å². The number of benzene rings is 1. The van der Waals surface area contributed by atoms with Crippen LogP contribution in [0.2, 0.25) is 0 Å². The van der Waals surface area contributed by atoms with Crippen molar-refractivity contribution in [3.63, 3.8) is 0 Å². The van der Waals surface area contributed by atoms with Gasteiger partial charge in [-0.1, -0.05) is 0 Å². The van der Waals surface area contributed by atoms with E-state index >= 15 is 0 Å². The van der Waals surface area contributed by atoms with Crippen molar-refractivity contribution in [2.45, 2.75) is 20.0 Å². The van der Waals surface area contributed by atoms with Crippen molar-refractivity contribution in [1.82, 2.24) is 14.9 Å². The summed E-state index contributed by atoms with van der Waals surface area (Å²) in [6.45, 7) is 2.98. The molecule has 0 fully saturated rings. The number of aryl methyl sites for hydroxylation is 1. The molecule has 2 aromatic heterocycles. The van der Waals surface area contributed by atoms with E-state index in [1.807, 2.05) is 17.7 Å². The molecule has 0 unspecified atom stereocenters. The van der Waals surface area contributed by atoms with E-state index in [-0.39, 0.29) is 5.82 Å². The third-order valence-corrected chi connectivity index (χ3v) is 4.62. The number of thiophene rings is 1. The van der Waals surface area contributed by atoms with Crippen LogP contribution in [0.15, 0.2) is 42.0 Å². The van der Waals surface area contributed by atoms with Gasteiger partial charge >= 0.3 is 0 Å². The van der Waals surface area contributed by atoms with Crippen LogP contribution >= 0.6 is 11.3 Å². The molecule has 24 heavy (non-hydrogen) atoms. The summed E-state index contributed by atoms with van der Waals surface area (Å²) in [6.07, 6.45) is 3.57. The zero-order valence-corrected chi connectivity index (χ0v) is 13.9. The summed E-state index contributed by atoms with van der Waals surface area (Å²) in [5, 5.41) is 5.02. The highest BCUT2D eigenvalue weighted by atomic mass is 32.1. The maximum absolute atomic E-state index is 13.6. The van der Waals surface area contributed by atoms with Gasteiger partial charge in [-0.25, -0.2) is 9.37 Å². The number of nitrogens with one attached hydrogen (secondary N) is 1. The average molecular weight is 344 g/mol. The highest BCUT2D eigenvalue weighted by Crippen LogP contribution is 2.19. The number of carbonyl (C=O) groups is 1. The lowest BCUT2D eigenvalue weighted by Crippen LogP contribution is -2.14. The standard InChI is InChI=1S/C17H17FN4OS/c1-11-21-4-5-22(11)16-3-2-14(18)6-12(16)8-20-9-15-7-13(10-24-15)17(19)23/h2-7,10,20H,8-9H2,1H3,(H2,19,23). The van der Waals surface area contributed by atoms with E-state index in [1.165, 1.54) is 23.5 Å². The number of aromatic nitrogens is 2. The lowest BCUT2D eigenvalue weighted by molar-refractivity contribution is 0.100. The summed E-state index contributed by atoms with van der Waals surface area (Å²) in [5.74, 6) is 0.133. The molecule has 7 heteroatoms. The molecule has 3 N–H and O–H groups in total. The summed E-state index contributed by atoms with van der Waals surface area (Å²) >= 11 is 1.47. The molecule has 0 bridgehead atoms. The van der Waals surface area contributed by atoms with Crippen molar-refractivity contribution in [2.24, 2.45) is 5.73 Å². The second-order valence-electron chi connectivity index (χ2n) is 5.39. The lowest BCUT2D eigenvalue weighted by Gasteiger charge is -2.12. The Balaban J connectivity index is 1.73. The van der Waals surface area contributed by atoms with Gasteiger partial charge in [-0.3, -0.25) is 4.79 Å². The molecule has 0 spiro atoms. The number of amides is 1. The molecular weight excluding hydrogens is 327 g/mol. The SMILES string of the molecule is Cc1nccn1-c1ccc(F)cc1CNCc1cc(C(N)=O)cs1. The van der Waals surface area contributed by atoms with E-state index in [4.69, 9.17) is 5.73 Å². The van der Waals surface area contributed by atoms with Crippen molar-refractivity contribution < 1.29 is 9.18 Å². The van der Waals surface area contributed by atoms with Crippen molar-refractivity contribution in [1.29, 1.82) is 0 Å². The molecule has 0 saturated carbocycles. The third-order valence-electron chi connectivity index (χ3n) is 3.68. The first kappa shape index (κ1) is 16.4. The fourth-order valence-electron chi connectivity index (χ4n) is 2.49. The minimum atomic E-state index is -0.430. The van der Waals surface area contributed by atoms with Crippen LogP contribution in [0.1, 0.15) is 26.6 Å². The van der Waals surface area contributed by atoms with Crippen molar-refractivity contribution >= 4 is 17.2 Å². The maximum Gasteiger partial charge on any atom is 0.249 e. The second kappa shape index (κ2) is 6.94. The van der Waals surface area contributed by atoms with E-state index in [2.05, 4.69) is 10.3 Å². The fraction of sp³-hybridized carbons (Fsp3) is 0.176. The first-order valence-corrected chi connectivity index (χ1v) is 8.29. The molecule has 0 aliphatic heterocycles. The molecule has 3 rings (SSSR count). The Bertz CT molecular complexity index is 871. The van der Waals surface area contributed by atoms with Crippen molar-refractivity contribution in [2.75, 3.05) is 0 Å².